The highest BCUT2D eigenvalue weighted by Crippen LogP contribution is 2.28. The van der Waals surface area contributed by atoms with E-state index in [0.717, 1.165) is 5.56 Å². The van der Waals surface area contributed by atoms with E-state index >= 15 is 0 Å². The number of aromatic nitrogens is 2. The number of nitrogen functional groups attached to an aromatic ring is 1. The average Bonchev–Trinajstić information content (AvgIpc) is 2.94. The molecular formula is C16H19N3O6S. The number of aliphatic hydroxyl groups excluding tert-OH is 1. The van der Waals surface area contributed by atoms with Crippen LogP contribution in [-0.4, -0.2) is 41.9 Å². The summed E-state index contributed by atoms with van der Waals surface area (Å²) in [5.41, 5.74) is 5.75. The largest absolute Gasteiger partial charge is 0.390 e. The number of anilines is 1. The van der Waals surface area contributed by atoms with Gasteiger partial charge in [-0.15, -0.1) is 0 Å². The van der Waals surface area contributed by atoms with Crippen molar-refractivity contribution < 1.29 is 22.4 Å². The Bertz CT molecular complexity index is 941. The van der Waals surface area contributed by atoms with Gasteiger partial charge in [-0.1, -0.05) is 17.7 Å². The first-order valence-electron chi connectivity index (χ1n) is 7.90. The van der Waals surface area contributed by atoms with Crippen LogP contribution in [0.5, 0.6) is 0 Å². The first kappa shape index (κ1) is 18.5. The fraction of sp³-hybridized carbons (Fsp3) is 0.375. The van der Waals surface area contributed by atoms with Crippen LogP contribution in [0, 0.1) is 6.92 Å². The summed E-state index contributed by atoms with van der Waals surface area (Å²) in [6, 6.07) is 7.64. The number of rotatable bonds is 5. The number of nitrogens with zero attached hydrogens (tertiary/aromatic N) is 2. The average molecular weight is 381 g/mol. The zero-order chi connectivity index (χ0) is 18.9. The second kappa shape index (κ2) is 7.16. The number of aryl methyl sites for hydroxylation is 1. The van der Waals surface area contributed by atoms with Crippen molar-refractivity contribution >= 4 is 15.9 Å². The van der Waals surface area contributed by atoms with Crippen LogP contribution >= 0.6 is 0 Å². The molecule has 0 spiro atoms. The normalized spacial score (nSPS) is 23.2. The molecule has 0 radical (unpaired) electrons. The standard InChI is InChI=1S/C16H19N3O6S/c1-10-2-4-11(5-3-10)26(22,23)24-9-13-12(20)8-15(25-13)19-7-6-14(17)18-16(19)21/h2-7,12-13,15,20H,8-9H2,1H3,(H2,17,18,21)/t12-,13-,15-/m1/s1. The van der Waals surface area contributed by atoms with E-state index in [2.05, 4.69) is 4.98 Å². The van der Waals surface area contributed by atoms with E-state index in [4.69, 9.17) is 14.7 Å². The van der Waals surface area contributed by atoms with Gasteiger partial charge in [-0.25, -0.2) is 4.79 Å². The Balaban J connectivity index is 1.67. The van der Waals surface area contributed by atoms with Crippen molar-refractivity contribution in [2.45, 2.75) is 36.7 Å². The van der Waals surface area contributed by atoms with Gasteiger partial charge < -0.3 is 15.6 Å². The molecule has 0 saturated carbocycles. The molecule has 1 aliphatic heterocycles. The van der Waals surface area contributed by atoms with Gasteiger partial charge in [0, 0.05) is 12.6 Å². The lowest BCUT2D eigenvalue weighted by molar-refractivity contribution is -0.0399. The lowest BCUT2D eigenvalue weighted by atomic mass is 10.2. The summed E-state index contributed by atoms with van der Waals surface area (Å²) >= 11 is 0. The van der Waals surface area contributed by atoms with E-state index in [1.165, 1.54) is 29.0 Å². The molecule has 140 valence electrons. The van der Waals surface area contributed by atoms with E-state index in [1.807, 2.05) is 6.92 Å². The number of aliphatic hydroxyl groups is 1. The molecule has 0 amide bonds. The van der Waals surface area contributed by atoms with Gasteiger partial charge in [0.2, 0.25) is 0 Å². The summed E-state index contributed by atoms with van der Waals surface area (Å²) in [7, 11) is -3.97. The van der Waals surface area contributed by atoms with Crippen molar-refractivity contribution in [3.8, 4) is 0 Å². The fourth-order valence-corrected chi connectivity index (χ4v) is 3.53. The Kier molecular flexibility index (Phi) is 5.10. The number of hydrogen-bond acceptors (Lipinski definition) is 8. The molecular weight excluding hydrogens is 362 g/mol. The minimum Gasteiger partial charge on any atom is -0.390 e. The first-order valence-corrected chi connectivity index (χ1v) is 9.31. The molecule has 2 heterocycles. The predicted molar refractivity (Wildman–Crippen MR) is 91.8 cm³/mol. The molecule has 9 nitrogen and oxygen atoms in total. The van der Waals surface area contributed by atoms with Crippen molar-refractivity contribution in [3.63, 3.8) is 0 Å². The van der Waals surface area contributed by atoms with Crippen LogP contribution in [0.1, 0.15) is 18.2 Å². The number of hydrogen-bond donors (Lipinski definition) is 2. The summed E-state index contributed by atoms with van der Waals surface area (Å²) < 4.78 is 36.2. The third-order valence-electron chi connectivity index (χ3n) is 4.06. The quantitative estimate of drug-likeness (QED) is 0.701. The zero-order valence-electron chi connectivity index (χ0n) is 14.0. The molecule has 3 rings (SSSR count). The van der Waals surface area contributed by atoms with E-state index in [-0.39, 0.29) is 23.7 Å². The highest BCUT2D eigenvalue weighted by Gasteiger charge is 2.36. The van der Waals surface area contributed by atoms with Gasteiger partial charge in [0.05, 0.1) is 17.6 Å². The lowest BCUT2D eigenvalue weighted by Gasteiger charge is -2.16. The van der Waals surface area contributed by atoms with Gasteiger partial charge in [-0.05, 0) is 25.1 Å². The molecule has 3 N–H and O–H groups in total. The molecule has 1 aromatic carbocycles. The minimum atomic E-state index is -3.97. The molecule has 0 bridgehead atoms. The SMILES string of the molecule is Cc1ccc(S(=O)(=O)OC[C@H]2O[C@@H](n3ccc(N)nc3=O)C[C@H]2O)cc1. The Morgan fingerprint density at radius 3 is 2.69 bits per heavy atom. The van der Waals surface area contributed by atoms with Crippen molar-refractivity contribution in [1.82, 2.24) is 9.55 Å². The van der Waals surface area contributed by atoms with Crippen LogP contribution in [0.2, 0.25) is 0 Å². The van der Waals surface area contributed by atoms with Gasteiger partial charge in [-0.3, -0.25) is 8.75 Å². The van der Waals surface area contributed by atoms with Crippen LogP contribution in [-0.2, 0) is 19.0 Å². The van der Waals surface area contributed by atoms with Gasteiger partial charge >= 0.3 is 5.69 Å². The van der Waals surface area contributed by atoms with Crippen molar-refractivity contribution in [1.29, 1.82) is 0 Å². The van der Waals surface area contributed by atoms with E-state index < -0.39 is 34.2 Å². The van der Waals surface area contributed by atoms with E-state index in [1.54, 1.807) is 12.1 Å². The molecule has 1 aromatic heterocycles. The number of nitrogens with two attached hydrogens (primary N) is 1. The highest BCUT2D eigenvalue weighted by atomic mass is 32.2. The summed E-state index contributed by atoms with van der Waals surface area (Å²) in [4.78, 5) is 15.5. The Hall–Kier alpha value is -2.27. The molecule has 1 fully saturated rings. The smallest absolute Gasteiger partial charge is 0.351 e. The van der Waals surface area contributed by atoms with E-state index in [9.17, 15) is 18.3 Å². The topological polar surface area (TPSA) is 134 Å². The van der Waals surface area contributed by atoms with Gasteiger partial charge in [0.25, 0.3) is 10.1 Å². The molecule has 3 atom stereocenters. The predicted octanol–water partition coefficient (Wildman–Crippen LogP) is 0.188. The Labute approximate surface area is 150 Å². The number of ether oxygens (including phenoxy) is 1. The Morgan fingerprint density at radius 2 is 2.04 bits per heavy atom. The van der Waals surface area contributed by atoms with Gasteiger partial charge in [-0.2, -0.15) is 13.4 Å². The molecule has 1 aliphatic rings. The highest BCUT2D eigenvalue weighted by molar-refractivity contribution is 7.86. The maximum atomic E-state index is 12.2. The second-order valence-electron chi connectivity index (χ2n) is 6.03. The molecule has 0 aliphatic carbocycles. The van der Waals surface area contributed by atoms with E-state index in [0.29, 0.717) is 0 Å². The monoisotopic (exact) mass is 381 g/mol. The third-order valence-corrected chi connectivity index (χ3v) is 5.36. The maximum Gasteiger partial charge on any atom is 0.351 e. The van der Waals surface area contributed by atoms with Crippen molar-refractivity contribution in [3.05, 3.63) is 52.6 Å². The van der Waals surface area contributed by atoms with Crippen molar-refractivity contribution in [2.24, 2.45) is 0 Å². The summed E-state index contributed by atoms with van der Waals surface area (Å²) in [5.74, 6) is 0.0777. The minimum absolute atomic E-state index is 0.0195. The summed E-state index contributed by atoms with van der Waals surface area (Å²) in [6.45, 7) is 1.47. The summed E-state index contributed by atoms with van der Waals surface area (Å²) in [5, 5.41) is 10.1. The van der Waals surface area contributed by atoms with Gasteiger partial charge in [0.1, 0.15) is 18.1 Å². The first-order chi connectivity index (χ1) is 12.3. The van der Waals surface area contributed by atoms with Crippen LogP contribution in [0.4, 0.5) is 5.82 Å². The number of benzene rings is 1. The molecule has 10 heteroatoms. The van der Waals surface area contributed by atoms with Crippen LogP contribution < -0.4 is 11.4 Å². The molecule has 1 saturated heterocycles. The zero-order valence-corrected chi connectivity index (χ0v) is 14.8. The second-order valence-corrected chi connectivity index (χ2v) is 7.64. The van der Waals surface area contributed by atoms with Gasteiger partial charge in [0.15, 0.2) is 0 Å². The molecule has 2 aromatic rings. The Morgan fingerprint density at radius 1 is 1.35 bits per heavy atom. The molecule has 26 heavy (non-hydrogen) atoms. The lowest BCUT2D eigenvalue weighted by Crippen LogP contribution is -2.29. The third kappa shape index (κ3) is 3.93. The van der Waals surface area contributed by atoms with Crippen LogP contribution in [0.15, 0.2) is 46.2 Å². The molecule has 0 unspecified atom stereocenters. The van der Waals surface area contributed by atoms with Crippen LogP contribution in [0.25, 0.3) is 0 Å². The summed E-state index contributed by atoms with van der Waals surface area (Å²) in [6.07, 6.45) is -1.15. The van der Waals surface area contributed by atoms with Crippen LogP contribution in [0.3, 0.4) is 0 Å². The fourth-order valence-electron chi connectivity index (χ4n) is 2.61. The maximum absolute atomic E-state index is 12.2. The van der Waals surface area contributed by atoms with Crippen molar-refractivity contribution in [2.75, 3.05) is 12.3 Å².